The van der Waals surface area contributed by atoms with Gasteiger partial charge in [0.25, 0.3) is 5.91 Å². The lowest BCUT2D eigenvalue weighted by Crippen LogP contribution is -2.52. The molecule has 1 aliphatic carbocycles. The van der Waals surface area contributed by atoms with Crippen molar-refractivity contribution >= 4 is 11.9 Å². The van der Waals surface area contributed by atoms with Crippen LogP contribution in [0.5, 0.6) is 0 Å². The fourth-order valence-corrected chi connectivity index (χ4v) is 3.90. The zero-order valence-corrected chi connectivity index (χ0v) is 12.9. The van der Waals surface area contributed by atoms with Crippen LogP contribution in [-0.2, 0) is 9.53 Å². The van der Waals surface area contributed by atoms with E-state index in [4.69, 9.17) is 4.74 Å². The Balaban J connectivity index is 1.68. The van der Waals surface area contributed by atoms with Crippen LogP contribution in [0.4, 0.5) is 4.79 Å². The van der Waals surface area contributed by atoms with E-state index in [1.807, 2.05) is 13.8 Å². The van der Waals surface area contributed by atoms with E-state index in [2.05, 4.69) is 10.2 Å². The molecule has 3 aliphatic rings. The highest BCUT2D eigenvalue weighted by Gasteiger charge is 2.51. The standard InChI is InChI=1S/C15H25N3O3/c1-11-8-17(9-12(2)21-11)10-18-13(19)15(16-14(18)20)6-4-3-5-7-15/h11-12H,3-10H2,1-2H3,(H,16,20). The van der Waals surface area contributed by atoms with Gasteiger partial charge in [0, 0.05) is 13.1 Å². The molecule has 0 radical (unpaired) electrons. The van der Waals surface area contributed by atoms with Crippen LogP contribution >= 0.6 is 0 Å². The highest BCUT2D eigenvalue weighted by molar-refractivity contribution is 6.07. The van der Waals surface area contributed by atoms with Crippen LogP contribution in [0.2, 0.25) is 0 Å². The maximum absolute atomic E-state index is 12.7. The number of rotatable bonds is 2. The van der Waals surface area contributed by atoms with Gasteiger partial charge in [0.05, 0.1) is 18.9 Å². The van der Waals surface area contributed by atoms with E-state index in [-0.39, 0.29) is 24.1 Å². The highest BCUT2D eigenvalue weighted by Crippen LogP contribution is 2.33. The molecule has 118 valence electrons. The van der Waals surface area contributed by atoms with Crippen molar-refractivity contribution in [3.63, 3.8) is 0 Å². The van der Waals surface area contributed by atoms with Crippen LogP contribution in [0.15, 0.2) is 0 Å². The van der Waals surface area contributed by atoms with Crippen LogP contribution in [0.1, 0.15) is 46.0 Å². The summed E-state index contributed by atoms with van der Waals surface area (Å²) < 4.78 is 5.70. The number of hydrogen-bond acceptors (Lipinski definition) is 4. The van der Waals surface area contributed by atoms with E-state index < -0.39 is 5.54 Å². The van der Waals surface area contributed by atoms with Gasteiger partial charge in [-0.3, -0.25) is 9.69 Å². The minimum absolute atomic E-state index is 0.0287. The third kappa shape index (κ3) is 2.79. The van der Waals surface area contributed by atoms with Gasteiger partial charge in [0.2, 0.25) is 0 Å². The maximum atomic E-state index is 12.7. The third-order valence-corrected chi connectivity index (χ3v) is 4.79. The van der Waals surface area contributed by atoms with Gasteiger partial charge in [-0.25, -0.2) is 9.69 Å². The Morgan fingerprint density at radius 3 is 2.38 bits per heavy atom. The lowest BCUT2D eigenvalue weighted by Gasteiger charge is -2.37. The zero-order chi connectivity index (χ0) is 15.0. The smallest absolute Gasteiger partial charge is 0.326 e. The van der Waals surface area contributed by atoms with Crippen molar-refractivity contribution < 1.29 is 14.3 Å². The maximum Gasteiger partial charge on any atom is 0.326 e. The quantitative estimate of drug-likeness (QED) is 0.780. The molecule has 3 fully saturated rings. The van der Waals surface area contributed by atoms with Crippen LogP contribution in [-0.4, -0.2) is 59.2 Å². The van der Waals surface area contributed by atoms with Crippen molar-refractivity contribution in [1.29, 1.82) is 0 Å². The molecule has 0 aromatic rings. The molecule has 0 aromatic heterocycles. The van der Waals surface area contributed by atoms with E-state index in [1.165, 1.54) is 4.90 Å². The molecule has 2 aliphatic heterocycles. The number of morpholine rings is 1. The number of hydrogen-bond donors (Lipinski definition) is 1. The summed E-state index contributed by atoms with van der Waals surface area (Å²) in [4.78, 5) is 28.5. The Labute approximate surface area is 125 Å². The molecule has 0 bridgehead atoms. The molecular formula is C15H25N3O3. The second-order valence-corrected chi connectivity index (χ2v) is 6.74. The molecule has 6 heteroatoms. The van der Waals surface area contributed by atoms with Crippen LogP contribution in [0, 0.1) is 0 Å². The first-order chi connectivity index (χ1) is 10.00. The van der Waals surface area contributed by atoms with Crippen molar-refractivity contribution in [2.45, 2.75) is 63.7 Å². The summed E-state index contributed by atoms with van der Waals surface area (Å²) in [5.74, 6) is -0.0287. The SMILES string of the molecule is CC1CN(CN2C(=O)NC3(CCCCC3)C2=O)CC(C)O1. The molecule has 3 rings (SSSR count). The Bertz CT molecular complexity index is 424. The molecule has 2 saturated heterocycles. The summed E-state index contributed by atoms with van der Waals surface area (Å²) in [6.07, 6.45) is 5.03. The Hall–Kier alpha value is -1.14. The van der Waals surface area contributed by atoms with Gasteiger partial charge in [-0.2, -0.15) is 0 Å². The number of imide groups is 1. The molecule has 6 nitrogen and oxygen atoms in total. The van der Waals surface area contributed by atoms with E-state index in [1.54, 1.807) is 0 Å². The molecule has 2 heterocycles. The molecule has 0 aromatic carbocycles. The number of nitrogens with one attached hydrogen (secondary N) is 1. The number of ether oxygens (including phenoxy) is 1. The summed E-state index contributed by atoms with van der Waals surface area (Å²) in [7, 11) is 0. The first kappa shape index (κ1) is 14.8. The first-order valence-corrected chi connectivity index (χ1v) is 8.02. The van der Waals surface area contributed by atoms with E-state index in [0.717, 1.165) is 45.2 Å². The van der Waals surface area contributed by atoms with Crippen LogP contribution in [0.25, 0.3) is 0 Å². The van der Waals surface area contributed by atoms with Gasteiger partial charge in [-0.05, 0) is 26.7 Å². The fraction of sp³-hybridized carbons (Fsp3) is 0.867. The molecule has 2 unspecified atom stereocenters. The second kappa shape index (κ2) is 5.57. The molecule has 1 N–H and O–H groups in total. The Morgan fingerprint density at radius 2 is 1.76 bits per heavy atom. The third-order valence-electron chi connectivity index (χ3n) is 4.79. The predicted molar refractivity (Wildman–Crippen MR) is 77.6 cm³/mol. The molecule has 1 saturated carbocycles. The van der Waals surface area contributed by atoms with E-state index in [0.29, 0.717) is 6.67 Å². The van der Waals surface area contributed by atoms with Gasteiger partial charge in [-0.1, -0.05) is 19.3 Å². The van der Waals surface area contributed by atoms with Crippen LogP contribution < -0.4 is 5.32 Å². The van der Waals surface area contributed by atoms with Gasteiger partial charge in [0.1, 0.15) is 5.54 Å². The van der Waals surface area contributed by atoms with E-state index >= 15 is 0 Å². The number of carbonyl (C=O) groups excluding carboxylic acids is 2. The number of nitrogens with zero attached hydrogens (tertiary/aromatic N) is 2. The lowest BCUT2D eigenvalue weighted by atomic mass is 9.82. The van der Waals surface area contributed by atoms with Crippen molar-refractivity contribution in [2.75, 3.05) is 19.8 Å². The Morgan fingerprint density at radius 1 is 1.14 bits per heavy atom. The fourth-order valence-electron chi connectivity index (χ4n) is 3.90. The van der Waals surface area contributed by atoms with Gasteiger partial charge in [0.15, 0.2) is 0 Å². The topological polar surface area (TPSA) is 61.9 Å². The van der Waals surface area contributed by atoms with Crippen molar-refractivity contribution in [3.8, 4) is 0 Å². The summed E-state index contributed by atoms with van der Waals surface area (Å²) in [5.41, 5.74) is -0.612. The Kier molecular flexibility index (Phi) is 3.92. The second-order valence-electron chi connectivity index (χ2n) is 6.74. The summed E-state index contributed by atoms with van der Waals surface area (Å²) in [5, 5.41) is 2.96. The van der Waals surface area contributed by atoms with Gasteiger partial charge < -0.3 is 10.1 Å². The lowest BCUT2D eigenvalue weighted by molar-refractivity contribution is -0.136. The monoisotopic (exact) mass is 295 g/mol. The summed E-state index contributed by atoms with van der Waals surface area (Å²) >= 11 is 0. The van der Waals surface area contributed by atoms with Crippen molar-refractivity contribution in [1.82, 2.24) is 15.1 Å². The molecule has 2 atom stereocenters. The zero-order valence-electron chi connectivity index (χ0n) is 12.9. The average molecular weight is 295 g/mol. The first-order valence-electron chi connectivity index (χ1n) is 8.02. The number of urea groups is 1. The van der Waals surface area contributed by atoms with E-state index in [9.17, 15) is 9.59 Å². The minimum Gasteiger partial charge on any atom is -0.373 e. The molecule has 1 spiro atoms. The summed E-state index contributed by atoms with van der Waals surface area (Å²) in [6.45, 7) is 5.95. The van der Waals surface area contributed by atoms with Gasteiger partial charge in [-0.15, -0.1) is 0 Å². The summed E-state index contributed by atoms with van der Waals surface area (Å²) in [6, 6.07) is -0.228. The van der Waals surface area contributed by atoms with Gasteiger partial charge >= 0.3 is 6.03 Å². The number of carbonyl (C=O) groups is 2. The number of amides is 3. The minimum atomic E-state index is -0.612. The van der Waals surface area contributed by atoms with Crippen molar-refractivity contribution in [2.24, 2.45) is 0 Å². The molecule has 21 heavy (non-hydrogen) atoms. The average Bonchev–Trinajstić information content (AvgIpc) is 2.63. The largest absolute Gasteiger partial charge is 0.373 e. The molecule has 3 amide bonds. The normalized spacial score (nSPS) is 33.5. The molecular weight excluding hydrogens is 270 g/mol. The van der Waals surface area contributed by atoms with Crippen molar-refractivity contribution in [3.05, 3.63) is 0 Å². The van der Waals surface area contributed by atoms with Crippen LogP contribution in [0.3, 0.4) is 0 Å². The predicted octanol–water partition coefficient (Wildman–Crippen LogP) is 1.31. The highest BCUT2D eigenvalue weighted by atomic mass is 16.5.